The van der Waals surface area contributed by atoms with Crippen molar-refractivity contribution in [2.45, 2.75) is 33.6 Å². The van der Waals surface area contributed by atoms with Crippen LogP contribution < -0.4 is 0 Å². The Labute approximate surface area is 97.1 Å². The minimum absolute atomic E-state index is 0.569. The summed E-state index contributed by atoms with van der Waals surface area (Å²) >= 11 is 0. The highest BCUT2D eigenvalue weighted by Gasteiger charge is 1.99. The molecule has 0 amide bonds. The highest BCUT2D eigenvalue weighted by Crippen LogP contribution is 2.15. The van der Waals surface area contributed by atoms with Gasteiger partial charge in [-0.05, 0) is 23.6 Å². The number of nitrogens with zero attached hydrogens (tertiary/aromatic N) is 3. The first-order valence-corrected chi connectivity index (χ1v) is 5.72. The maximum absolute atomic E-state index is 4.07. The Balaban J connectivity index is 0.000000606. The smallest absolute Gasteiger partial charge is 0.138 e. The van der Waals surface area contributed by atoms with Crippen molar-refractivity contribution in [1.29, 1.82) is 0 Å². The lowest BCUT2D eigenvalue weighted by Gasteiger charge is -2.06. The number of hydrogen-bond donors (Lipinski definition) is 0. The van der Waals surface area contributed by atoms with Crippen LogP contribution in [0.5, 0.6) is 0 Å². The second kappa shape index (κ2) is 6.05. The molecule has 3 nitrogen and oxygen atoms in total. The van der Waals surface area contributed by atoms with Gasteiger partial charge in [0.05, 0.1) is 5.69 Å². The topological polar surface area (TPSA) is 30.7 Å². The van der Waals surface area contributed by atoms with E-state index in [-0.39, 0.29) is 0 Å². The van der Waals surface area contributed by atoms with Crippen LogP contribution in [0.3, 0.4) is 0 Å². The Hall–Kier alpha value is -1.64. The molecule has 0 unspecified atom stereocenters. The predicted molar refractivity (Wildman–Crippen MR) is 66.8 cm³/mol. The quantitative estimate of drug-likeness (QED) is 0.771. The number of hydrogen-bond acceptors (Lipinski definition) is 2. The fourth-order valence-corrected chi connectivity index (χ4v) is 1.35. The molecule has 1 aromatic heterocycles. The Morgan fingerprint density at radius 2 is 1.69 bits per heavy atom. The summed E-state index contributed by atoms with van der Waals surface area (Å²) in [5, 5.41) is 4.07. The van der Waals surface area contributed by atoms with Crippen molar-refractivity contribution in [3.8, 4) is 5.69 Å². The highest BCUT2D eigenvalue weighted by molar-refractivity contribution is 5.34. The largest absolute Gasteiger partial charge is 0.223 e. The van der Waals surface area contributed by atoms with E-state index in [0.29, 0.717) is 5.92 Å². The van der Waals surface area contributed by atoms with E-state index in [9.17, 15) is 0 Å². The van der Waals surface area contributed by atoms with E-state index in [0.717, 1.165) is 5.69 Å². The third kappa shape index (κ3) is 2.92. The zero-order valence-corrected chi connectivity index (χ0v) is 10.4. The molecule has 0 aliphatic heterocycles. The van der Waals surface area contributed by atoms with Crippen LogP contribution in [-0.2, 0) is 0 Å². The SMILES string of the molecule is CC.CC(C)c1ccc(-n2cncn2)cc1. The maximum Gasteiger partial charge on any atom is 0.138 e. The van der Waals surface area contributed by atoms with E-state index < -0.39 is 0 Å². The van der Waals surface area contributed by atoms with Gasteiger partial charge < -0.3 is 0 Å². The Bertz CT molecular complexity index is 388. The average molecular weight is 217 g/mol. The van der Waals surface area contributed by atoms with Crippen LogP contribution in [0.4, 0.5) is 0 Å². The third-order valence-electron chi connectivity index (χ3n) is 2.24. The van der Waals surface area contributed by atoms with Crippen molar-refractivity contribution in [2.24, 2.45) is 0 Å². The van der Waals surface area contributed by atoms with Crippen molar-refractivity contribution in [3.63, 3.8) is 0 Å². The molecule has 3 heteroatoms. The molecule has 0 atom stereocenters. The lowest BCUT2D eigenvalue weighted by molar-refractivity contribution is 0.853. The molecule has 0 N–H and O–H groups in total. The fraction of sp³-hybridized carbons (Fsp3) is 0.385. The van der Waals surface area contributed by atoms with Gasteiger partial charge in [0.1, 0.15) is 12.7 Å². The second-order valence-corrected chi connectivity index (χ2v) is 3.59. The van der Waals surface area contributed by atoms with Crippen molar-refractivity contribution in [3.05, 3.63) is 42.5 Å². The molecule has 0 saturated heterocycles. The highest BCUT2D eigenvalue weighted by atomic mass is 15.3. The first-order valence-electron chi connectivity index (χ1n) is 5.72. The molecule has 0 aliphatic carbocycles. The summed E-state index contributed by atoms with van der Waals surface area (Å²) in [4.78, 5) is 3.91. The Morgan fingerprint density at radius 1 is 1.06 bits per heavy atom. The molecule has 0 bridgehead atoms. The first-order chi connectivity index (χ1) is 7.77. The molecule has 86 valence electrons. The van der Waals surface area contributed by atoms with E-state index in [1.807, 2.05) is 13.8 Å². The average Bonchev–Trinajstić information content (AvgIpc) is 2.85. The Kier molecular flexibility index (Phi) is 4.70. The third-order valence-corrected chi connectivity index (χ3v) is 2.24. The zero-order chi connectivity index (χ0) is 12.0. The minimum Gasteiger partial charge on any atom is -0.223 e. The maximum atomic E-state index is 4.07. The van der Waals surface area contributed by atoms with Crippen molar-refractivity contribution >= 4 is 0 Å². The van der Waals surface area contributed by atoms with Gasteiger partial charge in [-0.2, -0.15) is 5.10 Å². The lowest BCUT2D eigenvalue weighted by Crippen LogP contribution is -1.95. The van der Waals surface area contributed by atoms with E-state index in [2.05, 4.69) is 48.2 Å². The molecular weight excluding hydrogens is 198 g/mol. The van der Waals surface area contributed by atoms with Crippen LogP contribution in [0.2, 0.25) is 0 Å². The minimum atomic E-state index is 0.569. The number of benzene rings is 1. The lowest BCUT2D eigenvalue weighted by atomic mass is 10.0. The molecule has 0 aliphatic rings. The van der Waals surface area contributed by atoms with Crippen LogP contribution in [0.25, 0.3) is 5.69 Å². The summed E-state index contributed by atoms with van der Waals surface area (Å²) in [5.74, 6) is 0.569. The van der Waals surface area contributed by atoms with Gasteiger partial charge in [0.15, 0.2) is 0 Å². The van der Waals surface area contributed by atoms with Crippen LogP contribution in [0.1, 0.15) is 39.2 Å². The molecule has 0 fully saturated rings. The number of aromatic nitrogens is 3. The number of rotatable bonds is 2. The zero-order valence-electron chi connectivity index (χ0n) is 10.4. The van der Waals surface area contributed by atoms with E-state index in [4.69, 9.17) is 0 Å². The van der Waals surface area contributed by atoms with Crippen LogP contribution >= 0.6 is 0 Å². The van der Waals surface area contributed by atoms with Gasteiger partial charge in [0.2, 0.25) is 0 Å². The van der Waals surface area contributed by atoms with Gasteiger partial charge >= 0.3 is 0 Å². The Morgan fingerprint density at radius 3 is 2.12 bits per heavy atom. The van der Waals surface area contributed by atoms with Crippen LogP contribution in [0, 0.1) is 0 Å². The first kappa shape index (κ1) is 12.4. The monoisotopic (exact) mass is 217 g/mol. The predicted octanol–water partition coefficient (Wildman–Crippen LogP) is 3.42. The fourth-order valence-electron chi connectivity index (χ4n) is 1.35. The summed E-state index contributed by atoms with van der Waals surface area (Å²) in [6.45, 7) is 8.37. The summed E-state index contributed by atoms with van der Waals surface area (Å²) in [7, 11) is 0. The molecule has 0 radical (unpaired) electrons. The molecule has 0 spiro atoms. The van der Waals surface area contributed by atoms with Crippen LogP contribution in [0.15, 0.2) is 36.9 Å². The molecule has 16 heavy (non-hydrogen) atoms. The molecular formula is C13H19N3. The molecule has 2 aromatic rings. The van der Waals surface area contributed by atoms with Gasteiger partial charge in [-0.25, -0.2) is 9.67 Å². The van der Waals surface area contributed by atoms with E-state index in [1.165, 1.54) is 11.9 Å². The van der Waals surface area contributed by atoms with Crippen molar-refractivity contribution in [2.75, 3.05) is 0 Å². The van der Waals surface area contributed by atoms with E-state index >= 15 is 0 Å². The van der Waals surface area contributed by atoms with E-state index in [1.54, 1.807) is 11.0 Å². The van der Waals surface area contributed by atoms with Crippen molar-refractivity contribution in [1.82, 2.24) is 14.8 Å². The molecule has 1 heterocycles. The van der Waals surface area contributed by atoms with Gasteiger partial charge in [-0.1, -0.05) is 39.8 Å². The van der Waals surface area contributed by atoms with Gasteiger partial charge in [0, 0.05) is 0 Å². The summed E-state index contributed by atoms with van der Waals surface area (Å²) in [6.07, 6.45) is 3.24. The van der Waals surface area contributed by atoms with Gasteiger partial charge in [-0.3, -0.25) is 0 Å². The molecule has 1 aromatic carbocycles. The standard InChI is InChI=1S/C11H13N3.C2H6/c1-9(2)10-3-5-11(6-4-10)14-8-12-7-13-14;1-2/h3-9H,1-2H3;1-2H3. The summed E-state index contributed by atoms with van der Waals surface area (Å²) in [6, 6.07) is 8.37. The van der Waals surface area contributed by atoms with Crippen LogP contribution in [-0.4, -0.2) is 14.8 Å². The molecule has 2 rings (SSSR count). The van der Waals surface area contributed by atoms with Crippen molar-refractivity contribution < 1.29 is 0 Å². The van der Waals surface area contributed by atoms with Gasteiger partial charge in [-0.15, -0.1) is 0 Å². The normalized spacial score (nSPS) is 9.81. The summed E-state index contributed by atoms with van der Waals surface area (Å²) < 4.78 is 1.75. The van der Waals surface area contributed by atoms with Gasteiger partial charge in [0.25, 0.3) is 0 Å². The summed E-state index contributed by atoms with van der Waals surface area (Å²) in [5.41, 5.74) is 2.39. The second-order valence-electron chi connectivity index (χ2n) is 3.59. The molecule has 0 saturated carbocycles.